The minimum Gasteiger partial charge on any atom is -0.383 e. The highest BCUT2D eigenvalue weighted by Gasteiger charge is 2.15. The van der Waals surface area contributed by atoms with E-state index in [1.807, 2.05) is 33.8 Å². The van der Waals surface area contributed by atoms with Crippen molar-refractivity contribution in [3.05, 3.63) is 58.7 Å². The Morgan fingerprint density at radius 1 is 1.00 bits per heavy atom. The molecular weight excluding hydrogens is 344 g/mol. The largest absolute Gasteiger partial charge is 0.383 e. The van der Waals surface area contributed by atoms with Crippen LogP contribution in [0.15, 0.2) is 42.0 Å². The molecule has 0 atom stereocenters. The molecule has 0 radical (unpaired) electrons. The van der Waals surface area contributed by atoms with E-state index in [2.05, 4.69) is 74.7 Å². The van der Waals surface area contributed by atoms with Crippen LogP contribution in [0.3, 0.4) is 0 Å². The predicted octanol–water partition coefficient (Wildman–Crippen LogP) is 6.11. The molecule has 0 aromatic heterocycles. The minimum absolute atomic E-state index is 0.0260. The lowest BCUT2D eigenvalue weighted by Crippen LogP contribution is -2.40. The molecule has 2 aromatic rings. The fourth-order valence-electron chi connectivity index (χ4n) is 3.12. The van der Waals surface area contributed by atoms with Gasteiger partial charge >= 0.3 is 0 Å². The molecule has 0 saturated heterocycles. The topological polar surface area (TPSA) is 41.1 Å². The highest BCUT2D eigenvalue weighted by molar-refractivity contribution is 5.98. The van der Waals surface area contributed by atoms with E-state index < -0.39 is 0 Å². The molecule has 0 aliphatic carbocycles. The van der Waals surface area contributed by atoms with Gasteiger partial charge in [-0.3, -0.25) is 4.79 Å². The van der Waals surface area contributed by atoms with Crippen LogP contribution in [0.5, 0.6) is 0 Å². The van der Waals surface area contributed by atoms with Gasteiger partial charge in [-0.05, 0) is 101 Å². The molecule has 0 saturated carbocycles. The van der Waals surface area contributed by atoms with Crippen molar-refractivity contribution in [2.24, 2.45) is 0 Å². The Hall–Kier alpha value is -2.55. The summed E-state index contributed by atoms with van der Waals surface area (Å²) in [5.41, 5.74) is 7.48. The number of amides is 1. The first-order valence-corrected chi connectivity index (χ1v) is 9.95. The maximum absolute atomic E-state index is 12.4. The van der Waals surface area contributed by atoms with Gasteiger partial charge in [0.05, 0.1) is 0 Å². The van der Waals surface area contributed by atoms with Gasteiger partial charge in [0.1, 0.15) is 0 Å². The molecule has 3 nitrogen and oxygen atoms in total. The molecular formula is C25H34N2O. The maximum Gasteiger partial charge on any atom is 0.247 e. The summed E-state index contributed by atoms with van der Waals surface area (Å²) in [6.45, 7) is 16.3. The number of hydrogen-bond donors (Lipinski definition) is 2. The Morgan fingerprint density at radius 2 is 1.61 bits per heavy atom. The number of anilines is 1. The van der Waals surface area contributed by atoms with E-state index >= 15 is 0 Å². The number of hydrogen-bond acceptors (Lipinski definition) is 2. The molecule has 2 aromatic carbocycles. The van der Waals surface area contributed by atoms with E-state index in [1.54, 1.807) is 0 Å². The Bertz CT molecular complexity index is 869. The highest BCUT2D eigenvalue weighted by atomic mass is 16.1. The minimum atomic E-state index is -0.239. The van der Waals surface area contributed by atoms with E-state index in [-0.39, 0.29) is 11.4 Å². The van der Waals surface area contributed by atoms with Crippen molar-refractivity contribution >= 4 is 17.7 Å². The van der Waals surface area contributed by atoms with Gasteiger partial charge in [-0.25, -0.2) is 0 Å². The van der Waals surface area contributed by atoms with Crippen LogP contribution in [0.1, 0.15) is 58.2 Å². The number of aryl methyl sites for hydroxylation is 2. The van der Waals surface area contributed by atoms with E-state index in [4.69, 9.17) is 0 Å². The summed E-state index contributed by atoms with van der Waals surface area (Å²) in [5.74, 6) is -0.0260. The quantitative estimate of drug-likeness (QED) is 0.616. The van der Waals surface area contributed by atoms with Crippen molar-refractivity contribution < 1.29 is 4.79 Å². The van der Waals surface area contributed by atoms with E-state index in [9.17, 15) is 4.79 Å². The van der Waals surface area contributed by atoms with Crippen molar-refractivity contribution in [2.75, 3.05) is 5.32 Å². The summed E-state index contributed by atoms with van der Waals surface area (Å²) in [6, 6.07) is 13.4. The van der Waals surface area contributed by atoms with Crippen LogP contribution in [0, 0.1) is 13.8 Å². The summed E-state index contributed by atoms with van der Waals surface area (Å²) in [5, 5.41) is 6.44. The molecule has 28 heavy (non-hydrogen) atoms. The van der Waals surface area contributed by atoms with Gasteiger partial charge in [0.15, 0.2) is 0 Å². The second-order valence-electron chi connectivity index (χ2n) is 8.93. The second-order valence-corrected chi connectivity index (χ2v) is 8.93. The van der Waals surface area contributed by atoms with Gasteiger partial charge in [0.2, 0.25) is 5.91 Å². The molecule has 1 amide bonds. The summed E-state index contributed by atoms with van der Waals surface area (Å²) < 4.78 is 0. The van der Waals surface area contributed by atoms with E-state index in [1.165, 1.54) is 16.7 Å². The standard InChI is InChI=1S/C25H34N2O/c1-16(2)26-22-11-9-20(10-12-22)23-15-17(3)21(13-18(23)4)14-19(5)24(28)27-25(6,7)8/h9-16,26H,1-8H3,(H,27,28). The van der Waals surface area contributed by atoms with Crippen LogP contribution in [-0.4, -0.2) is 17.5 Å². The molecule has 0 aliphatic rings. The monoisotopic (exact) mass is 378 g/mol. The lowest BCUT2D eigenvalue weighted by atomic mass is 9.94. The second kappa shape index (κ2) is 8.64. The first-order valence-electron chi connectivity index (χ1n) is 9.95. The van der Waals surface area contributed by atoms with Gasteiger partial charge in [-0.1, -0.05) is 24.3 Å². The number of benzene rings is 2. The fourth-order valence-corrected chi connectivity index (χ4v) is 3.12. The molecule has 0 fully saturated rings. The van der Waals surface area contributed by atoms with Crippen LogP contribution in [0.2, 0.25) is 0 Å². The Kier molecular flexibility index (Phi) is 6.71. The van der Waals surface area contributed by atoms with Crippen molar-refractivity contribution in [3.63, 3.8) is 0 Å². The van der Waals surface area contributed by atoms with Crippen LogP contribution < -0.4 is 10.6 Å². The Morgan fingerprint density at radius 3 is 2.14 bits per heavy atom. The zero-order chi connectivity index (χ0) is 21.1. The molecule has 0 heterocycles. The molecule has 0 bridgehead atoms. The van der Waals surface area contributed by atoms with Gasteiger partial charge in [-0.2, -0.15) is 0 Å². The first kappa shape index (κ1) is 21.7. The lowest BCUT2D eigenvalue weighted by molar-refractivity contribution is -0.118. The molecule has 0 spiro atoms. The Balaban J connectivity index is 2.30. The summed E-state index contributed by atoms with van der Waals surface area (Å²) >= 11 is 0. The van der Waals surface area contributed by atoms with Crippen LogP contribution in [0.25, 0.3) is 17.2 Å². The zero-order valence-electron chi connectivity index (χ0n) is 18.5. The van der Waals surface area contributed by atoms with Gasteiger partial charge in [-0.15, -0.1) is 0 Å². The van der Waals surface area contributed by atoms with Crippen molar-refractivity contribution in [3.8, 4) is 11.1 Å². The summed E-state index contributed by atoms with van der Waals surface area (Å²) in [7, 11) is 0. The normalized spacial score (nSPS) is 12.2. The van der Waals surface area contributed by atoms with Crippen LogP contribution in [-0.2, 0) is 4.79 Å². The average molecular weight is 379 g/mol. The first-order chi connectivity index (χ1) is 13.0. The lowest BCUT2D eigenvalue weighted by Gasteiger charge is -2.20. The highest BCUT2D eigenvalue weighted by Crippen LogP contribution is 2.29. The summed E-state index contributed by atoms with van der Waals surface area (Å²) in [6.07, 6.45) is 1.98. The zero-order valence-corrected chi connectivity index (χ0v) is 18.5. The average Bonchev–Trinajstić information content (AvgIpc) is 2.56. The van der Waals surface area contributed by atoms with E-state index in [0.717, 1.165) is 16.8 Å². The van der Waals surface area contributed by atoms with Gasteiger partial charge in [0, 0.05) is 22.8 Å². The fraction of sp³-hybridized carbons (Fsp3) is 0.400. The molecule has 0 aliphatic heterocycles. The van der Waals surface area contributed by atoms with Crippen molar-refractivity contribution in [2.45, 2.75) is 67.0 Å². The van der Waals surface area contributed by atoms with Gasteiger partial charge in [0.25, 0.3) is 0 Å². The number of nitrogens with one attached hydrogen (secondary N) is 2. The molecule has 2 N–H and O–H groups in total. The molecule has 2 rings (SSSR count). The SMILES string of the molecule is CC(=Cc1cc(C)c(-c2ccc(NC(C)C)cc2)cc1C)C(=O)NC(C)(C)C. The number of carbonyl (C=O) groups excluding carboxylic acids is 1. The smallest absolute Gasteiger partial charge is 0.247 e. The third-order valence-electron chi connectivity index (χ3n) is 4.48. The van der Waals surface area contributed by atoms with Crippen LogP contribution in [0.4, 0.5) is 5.69 Å². The maximum atomic E-state index is 12.4. The molecule has 150 valence electrons. The van der Waals surface area contributed by atoms with Gasteiger partial charge < -0.3 is 10.6 Å². The third kappa shape index (κ3) is 5.98. The number of carbonyl (C=O) groups is 1. The van der Waals surface area contributed by atoms with Crippen molar-refractivity contribution in [1.29, 1.82) is 0 Å². The number of rotatable bonds is 5. The molecule has 3 heteroatoms. The third-order valence-corrected chi connectivity index (χ3v) is 4.48. The Labute approximate surface area is 170 Å². The summed E-state index contributed by atoms with van der Waals surface area (Å²) in [4.78, 5) is 12.4. The predicted molar refractivity (Wildman–Crippen MR) is 122 cm³/mol. The van der Waals surface area contributed by atoms with E-state index in [0.29, 0.717) is 11.6 Å². The van der Waals surface area contributed by atoms with Crippen molar-refractivity contribution in [1.82, 2.24) is 5.32 Å². The van der Waals surface area contributed by atoms with Crippen LogP contribution >= 0.6 is 0 Å². The molecule has 0 unspecified atom stereocenters.